The van der Waals surface area contributed by atoms with Gasteiger partial charge in [0.05, 0.1) is 16.9 Å². The van der Waals surface area contributed by atoms with Crippen molar-refractivity contribution in [2.24, 2.45) is 0 Å². The molecule has 0 radical (unpaired) electrons. The fraction of sp³-hybridized carbons (Fsp3) is 0.188. The number of ether oxygens (including phenoxy) is 2. The minimum atomic E-state index is -4.59. The van der Waals surface area contributed by atoms with Crippen molar-refractivity contribution < 1.29 is 31.4 Å². The van der Waals surface area contributed by atoms with E-state index in [1.807, 2.05) is 0 Å². The summed E-state index contributed by atoms with van der Waals surface area (Å²) < 4.78 is 73.5. The lowest BCUT2D eigenvalue weighted by molar-refractivity contribution is -0.141. The van der Waals surface area contributed by atoms with E-state index < -0.39 is 18.5 Å². The molecule has 3 rings (SSSR count). The smallest absolute Gasteiger partial charge is 0.433 e. The molecule has 0 N–H and O–H groups in total. The molecule has 0 saturated carbocycles. The van der Waals surface area contributed by atoms with Crippen molar-refractivity contribution in [3.05, 3.63) is 59.0 Å². The van der Waals surface area contributed by atoms with Crippen LogP contribution in [0.1, 0.15) is 11.4 Å². The lowest BCUT2D eigenvalue weighted by Crippen LogP contribution is -2.08. The van der Waals surface area contributed by atoms with E-state index in [0.717, 1.165) is 6.07 Å². The highest BCUT2D eigenvalue weighted by atomic mass is 35.5. The predicted octanol–water partition coefficient (Wildman–Crippen LogP) is 4.51. The Morgan fingerprint density at radius 1 is 1.14 bits per heavy atom. The summed E-state index contributed by atoms with van der Waals surface area (Å²) in [5.74, 6) is -0.473. The summed E-state index contributed by atoms with van der Waals surface area (Å²) in [7, 11) is 0. The minimum Gasteiger partial charge on any atom is -0.471 e. The van der Waals surface area contributed by atoms with Gasteiger partial charge in [-0.3, -0.25) is 0 Å². The SMILES string of the molecule is FC(F)Oc1cc(-n2cc(COc3cccc(C(F)(F)F)n3)nn2)ccc1Cl. The summed E-state index contributed by atoms with van der Waals surface area (Å²) in [6.07, 6.45) is -3.18. The molecule has 148 valence electrons. The molecular weight excluding hydrogens is 411 g/mol. The zero-order chi connectivity index (χ0) is 20.3. The molecule has 2 aromatic heterocycles. The maximum Gasteiger partial charge on any atom is 0.433 e. The third-order valence-electron chi connectivity index (χ3n) is 3.32. The molecular formula is C16H10ClF5N4O2. The summed E-state index contributed by atoms with van der Waals surface area (Å²) in [4.78, 5) is 3.37. The first-order chi connectivity index (χ1) is 13.2. The molecule has 6 nitrogen and oxygen atoms in total. The number of nitrogens with zero attached hydrogens (tertiary/aromatic N) is 4. The van der Waals surface area contributed by atoms with Gasteiger partial charge < -0.3 is 9.47 Å². The van der Waals surface area contributed by atoms with E-state index in [1.54, 1.807) is 0 Å². The number of aromatic nitrogens is 4. The largest absolute Gasteiger partial charge is 0.471 e. The first-order valence-corrected chi connectivity index (χ1v) is 7.93. The van der Waals surface area contributed by atoms with E-state index in [0.29, 0.717) is 5.69 Å². The highest BCUT2D eigenvalue weighted by Gasteiger charge is 2.32. The molecule has 0 aliphatic rings. The van der Waals surface area contributed by atoms with Gasteiger partial charge in [-0.2, -0.15) is 22.0 Å². The van der Waals surface area contributed by atoms with Gasteiger partial charge in [0.15, 0.2) is 0 Å². The van der Waals surface area contributed by atoms with Crippen LogP contribution >= 0.6 is 11.6 Å². The van der Waals surface area contributed by atoms with Gasteiger partial charge >= 0.3 is 12.8 Å². The molecule has 0 spiro atoms. The van der Waals surface area contributed by atoms with Crippen LogP contribution in [0.5, 0.6) is 11.6 Å². The highest BCUT2D eigenvalue weighted by Crippen LogP contribution is 2.29. The van der Waals surface area contributed by atoms with Gasteiger partial charge in [-0.15, -0.1) is 5.10 Å². The van der Waals surface area contributed by atoms with Crippen molar-refractivity contribution >= 4 is 11.6 Å². The van der Waals surface area contributed by atoms with Gasteiger partial charge in [0, 0.05) is 12.1 Å². The molecule has 28 heavy (non-hydrogen) atoms. The zero-order valence-electron chi connectivity index (χ0n) is 13.7. The quantitative estimate of drug-likeness (QED) is 0.549. The number of benzene rings is 1. The van der Waals surface area contributed by atoms with E-state index in [-0.39, 0.29) is 29.0 Å². The van der Waals surface area contributed by atoms with Crippen LogP contribution in [-0.4, -0.2) is 26.6 Å². The van der Waals surface area contributed by atoms with E-state index >= 15 is 0 Å². The van der Waals surface area contributed by atoms with Crippen molar-refractivity contribution in [2.45, 2.75) is 19.4 Å². The lowest BCUT2D eigenvalue weighted by atomic mass is 10.3. The van der Waals surface area contributed by atoms with Crippen LogP contribution in [0, 0.1) is 0 Å². The number of alkyl halides is 5. The Balaban J connectivity index is 1.71. The Hall–Kier alpha value is -2.95. The normalized spacial score (nSPS) is 11.7. The topological polar surface area (TPSA) is 62.1 Å². The van der Waals surface area contributed by atoms with E-state index in [1.165, 1.54) is 41.2 Å². The lowest BCUT2D eigenvalue weighted by Gasteiger charge is -2.08. The van der Waals surface area contributed by atoms with Gasteiger partial charge in [0.25, 0.3) is 0 Å². The number of halogens is 6. The summed E-state index contributed by atoms with van der Waals surface area (Å²) in [6.45, 7) is -3.25. The molecule has 3 aromatic rings. The van der Waals surface area contributed by atoms with Gasteiger partial charge in [-0.05, 0) is 18.2 Å². The first-order valence-electron chi connectivity index (χ1n) is 7.55. The minimum absolute atomic E-state index is 0.0108. The molecule has 12 heteroatoms. The van der Waals surface area contributed by atoms with Gasteiger partial charge in [-0.25, -0.2) is 9.67 Å². The fourth-order valence-electron chi connectivity index (χ4n) is 2.11. The molecule has 0 amide bonds. The predicted molar refractivity (Wildman–Crippen MR) is 86.6 cm³/mol. The summed E-state index contributed by atoms with van der Waals surface area (Å²) in [5, 5.41) is 7.60. The Labute approximate surface area is 159 Å². The molecule has 0 saturated heterocycles. The third kappa shape index (κ3) is 4.85. The molecule has 0 atom stereocenters. The maximum absolute atomic E-state index is 12.7. The fourth-order valence-corrected chi connectivity index (χ4v) is 2.27. The number of hydrogen-bond donors (Lipinski definition) is 0. The van der Waals surface area contributed by atoms with Crippen LogP contribution in [0.2, 0.25) is 5.02 Å². The summed E-state index contributed by atoms with van der Waals surface area (Å²) in [6, 6.07) is 7.34. The molecule has 0 unspecified atom stereocenters. The van der Waals surface area contributed by atoms with Crippen LogP contribution in [-0.2, 0) is 12.8 Å². The molecule has 0 bridgehead atoms. The van der Waals surface area contributed by atoms with E-state index in [9.17, 15) is 22.0 Å². The summed E-state index contributed by atoms with van der Waals surface area (Å²) >= 11 is 5.78. The monoisotopic (exact) mass is 420 g/mol. The average Bonchev–Trinajstić information content (AvgIpc) is 3.10. The molecule has 1 aromatic carbocycles. The van der Waals surface area contributed by atoms with E-state index in [2.05, 4.69) is 20.0 Å². The Bertz CT molecular complexity index is 964. The second kappa shape index (κ2) is 7.97. The second-order valence-corrected chi connectivity index (χ2v) is 5.70. The molecule has 0 aliphatic heterocycles. The molecule has 2 heterocycles. The highest BCUT2D eigenvalue weighted by molar-refractivity contribution is 6.32. The van der Waals surface area contributed by atoms with Crippen LogP contribution in [0.15, 0.2) is 42.6 Å². The van der Waals surface area contributed by atoms with Crippen molar-refractivity contribution in [3.63, 3.8) is 0 Å². The number of hydrogen-bond acceptors (Lipinski definition) is 5. The van der Waals surface area contributed by atoms with Crippen LogP contribution in [0.25, 0.3) is 5.69 Å². The van der Waals surface area contributed by atoms with Gasteiger partial charge in [0.1, 0.15) is 23.7 Å². The van der Waals surface area contributed by atoms with E-state index in [4.69, 9.17) is 16.3 Å². The van der Waals surface area contributed by atoms with Crippen molar-refractivity contribution in [2.75, 3.05) is 0 Å². The second-order valence-electron chi connectivity index (χ2n) is 5.30. The summed E-state index contributed by atoms with van der Waals surface area (Å²) in [5.41, 5.74) is -0.483. The third-order valence-corrected chi connectivity index (χ3v) is 3.63. The number of rotatable bonds is 6. The Kier molecular flexibility index (Phi) is 5.63. The standard InChI is InChI=1S/C16H10ClF5N4O2/c17-11-5-4-10(6-12(11)28-15(18)19)26-7-9(24-25-26)8-27-14-3-1-2-13(23-14)16(20,21)22/h1-7,15H,8H2. The average molecular weight is 421 g/mol. The Morgan fingerprint density at radius 2 is 1.93 bits per heavy atom. The van der Waals surface area contributed by atoms with Crippen molar-refractivity contribution in [1.82, 2.24) is 20.0 Å². The number of pyridine rings is 1. The molecule has 0 aliphatic carbocycles. The molecule has 0 fully saturated rings. The van der Waals surface area contributed by atoms with Crippen LogP contribution in [0.4, 0.5) is 22.0 Å². The zero-order valence-corrected chi connectivity index (χ0v) is 14.5. The first kappa shape index (κ1) is 19.8. The maximum atomic E-state index is 12.7. The van der Waals surface area contributed by atoms with Crippen molar-refractivity contribution in [3.8, 4) is 17.3 Å². The van der Waals surface area contributed by atoms with Crippen molar-refractivity contribution in [1.29, 1.82) is 0 Å². The van der Waals surface area contributed by atoms with Crippen LogP contribution < -0.4 is 9.47 Å². The Morgan fingerprint density at radius 3 is 2.64 bits per heavy atom. The van der Waals surface area contributed by atoms with Crippen LogP contribution in [0.3, 0.4) is 0 Å². The van der Waals surface area contributed by atoms with Gasteiger partial charge in [0.2, 0.25) is 5.88 Å². The van der Waals surface area contributed by atoms with Gasteiger partial charge in [-0.1, -0.05) is 22.9 Å².